The quantitative estimate of drug-likeness (QED) is 0.535. The molecule has 4 nitrogen and oxygen atoms in total. The van der Waals surface area contributed by atoms with E-state index in [9.17, 15) is 4.79 Å². The normalized spacial score (nSPS) is 5.44. The molecule has 0 spiro atoms. The van der Waals surface area contributed by atoms with Gasteiger partial charge in [0, 0.05) is 6.42 Å². The zero-order valence-electron chi connectivity index (χ0n) is 7.48. The topological polar surface area (TPSA) is 100 Å². The average Bonchev–Trinajstić information content (AvgIpc) is 1.35. The second-order valence-electron chi connectivity index (χ2n) is 1.14. The first-order chi connectivity index (χ1) is 2.77. The third-order valence-corrected chi connectivity index (χ3v) is 0.464. The van der Waals surface area contributed by atoms with Crippen LogP contribution in [0.4, 0.5) is 0 Å². The summed E-state index contributed by atoms with van der Waals surface area (Å²) in [6.45, 7) is 1.84. The predicted octanol–water partition coefficient (Wildman–Crippen LogP) is -0.934. The molecule has 9 heavy (non-hydrogen) atoms. The van der Waals surface area contributed by atoms with Crippen molar-refractivity contribution in [3.05, 3.63) is 0 Å². The Hall–Kier alpha value is 0.650. The maximum absolute atomic E-state index is 9.60. The summed E-state index contributed by atoms with van der Waals surface area (Å²) in [4.78, 5) is 9.60. The maximum atomic E-state index is 9.60. The molecular formula is C4H14CaO4. The summed E-state index contributed by atoms with van der Waals surface area (Å²) in [5.41, 5.74) is 0. The Labute approximate surface area is 86.8 Å². The monoisotopic (exact) mass is 166 g/mol. The smallest absolute Gasteiger partial charge is 1.00 e. The van der Waals surface area contributed by atoms with Crippen LogP contribution >= 0.6 is 0 Å². The largest absolute Gasteiger partial charge is 2.00 e. The molecule has 0 aliphatic heterocycles. The van der Waals surface area contributed by atoms with Crippen LogP contribution in [-0.2, 0) is 4.79 Å². The molecular weight excluding hydrogens is 152 g/mol. The van der Waals surface area contributed by atoms with Crippen molar-refractivity contribution in [1.82, 2.24) is 0 Å². The van der Waals surface area contributed by atoms with Crippen molar-refractivity contribution in [2.24, 2.45) is 0 Å². The van der Waals surface area contributed by atoms with Crippen LogP contribution in [0.15, 0.2) is 0 Å². The van der Waals surface area contributed by atoms with Crippen molar-refractivity contribution in [1.29, 1.82) is 0 Å². The average molecular weight is 166 g/mol. The Bertz CT molecular complexity index is 64.1. The molecule has 56 valence electrons. The van der Waals surface area contributed by atoms with E-state index in [1.807, 2.05) is 6.92 Å². The van der Waals surface area contributed by atoms with E-state index in [1.165, 1.54) is 0 Å². The number of carbonyl (C=O) groups is 1. The molecule has 5 heteroatoms. The van der Waals surface area contributed by atoms with Crippen LogP contribution in [-0.4, -0.2) is 59.8 Å². The van der Waals surface area contributed by atoms with Crippen LogP contribution in [0.25, 0.3) is 0 Å². The van der Waals surface area contributed by atoms with E-state index < -0.39 is 5.97 Å². The molecule has 0 bridgehead atoms. The molecule has 5 N–H and O–H groups in total. The summed E-state index contributed by atoms with van der Waals surface area (Å²) in [6, 6.07) is 0. The molecule has 0 fully saturated rings. The first-order valence-electron chi connectivity index (χ1n) is 1.99. The summed E-state index contributed by atoms with van der Waals surface area (Å²) >= 11 is 0. The third kappa shape index (κ3) is 28.7. The Morgan fingerprint density at radius 3 is 1.89 bits per heavy atom. The van der Waals surface area contributed by atoms with Crippen LogP contribution in [0.3, 0.4) is 0 Å². The molecule has 0 aromatic heterocycles. The van der Waals surface area contributed by atoms with Gasteiger partial charge in [-0.15, -0.1) is 0 Å². The van der Waals surface area contributed by atoms with Gasteiger partial charge in [0.15, 0.2) is 0 Å². The van der Waals surface area contributed by atoms with Crippen molar-refractivity contribution in [2.75, 3.05) is 0 Å². The van der Waals surface area contributed by atoms with Crippen molar-refractivity contribution >= 4 is 43.7 Å². The molecule has 0 unspecified atom stereocenters. The third-order valence-electron chi connectivity index (χ3n) is 0.464. The number of hydrogen-bond donors (Lipinski definition) is 1. The number of rotatable bonds is 2. The Morgan fingerprint density at radius 2 is 1.89 bits per heavy atom. The van der Waals surface area contributed by atoms with Crippen molar-refractivity contribution in [3.8, 4) is 0 Å². The van der Waals surface area contributed by atoms with Gasteiger partial charge < -0.3 is 18.9 Å². The van der Waals surface area contributed by atoms with E-state index >= 15 is 0 Å². The minimum atomic E-state index is -0.711. The maximum Gasteiger partial charge on any atom is 2.00 e. The van der Waals surface area contributed by atoms with Gasteiger partial charge in [0.2, 0.25) is 0 Å². The fourth-order valence-electron chi connectivity index (χ4n) is 0.214. The van der Waals surface area contributed by atoms with Gasteiger partial charge in [-0.05, 0) is 6.42 Å². The summed E-state index contributed by atoms with van der Waals surface area (Å²) < 4.78 is 0. The van der Waals surface area contributed by atoms with E-state index in [1.54, 1.807) is 0 Å². The molecule has 0 radical (unpaired) electrons. The van der Waals surface area contributed by atoms with Gasteiger partial charge in [0.25, 0.3) is 0 Å². The number of carboxylic acid groups (broad SMARTS) is 1. The van der Waals surface area contributed by atoms with Gasteiger partial charge in [-0.25, -0.2) is 0 Å². The minimum Gasteiger partial charge on any atom is -1.00 e. The van der Waals surface area contributed by atoms with E-state index in [4.69, 9.17) is 5.11 Å². The van der Waals surface area contributed by atoms with E-state index in [-0.39, 0.29) is 51.5 Å². The first kappa shape index (κ1) is 22.6. The molecule has 0 heterocycles. The Morgan fingerprint density at radius 1 is 1.56 bits per heavy atom. The Kier molecular flexibility index (Phi) is 39.9. The summed E-state index contributed by atoms with van der Waals surface area (Å²) in [5.74, 6) is -0.711. The van der Waals surface area contributed by atoms with Crippen LogP contribution in [0.5, 0.6) is 0 Å². The zero-order chi connectivity index (χ0) is 4.99. The number of carboxylic acids is 1. The van der Waals surface area contributed by atoms with Gasteiger partial charge >= 0.3 is 43.7 Å². The molecule has 0 saturated carbocycles. The van der Waals surface area contributed by atoms with Gasteiger partial charge in [-0.1, -0.05) is 6.92 Å². The van der Waals surface area contributed by atoms with Crippen molar-refractivity contribution in [2.45, 2.75) is 19.8 Å². The fourth-order valence-corrected chi connectivity index (χ4v) is 0.214. The molecule has 0 aromatic rings. The number of hydrogen-bond acceptors (Lipinski definition) is 1. The summed E-state index contributed by atoms with van der Waals surface area (Å²) in [7, 11) is 0. The molecule has 0 rings (SSSR count). The molecule has 0 aliphatic carbocycles. The zero-order valence-corrected chi connectivity index (χ0v) is 7.69. The van der Waals surface area contributed by atoms with Crippen LogP contribution in [0.1, 0.15) is 22.6 Å². The van der Waals surface area contributed by atoms with Gasteiger partial charge in [-0.2, -0.15) is 0 Å². The van der Waals surface area contributed by atoms with Crippen molar-refractivity contribution < 1.29 is 23.7 Å². The van der Waals surface area contributed by atoms with Gasteiger partial charge in [-0.3, -0.25) is 4.79 Å². The van der Waals surface area contributed by atoms with Crippen LogP contribution in [0.2, 0.25) is 0 Å². The first-order valence-corrected chi connectivity index (χ1v) is 1.99. The van der Waals surface area contributed by atoms with E-state index in [0.29, 0.717) is 6.42 Å². The van der Waals surface area contributed by atoms with Gasteiger partial charge in [0.05, 0.1) is 0 Å². The summed E-state index contributed by atoms with van der Waals surface area (Å²) in [6.07, 6.45) is 1.02. The molecule has 0 aliphatic rings. The van der Waals surface area contributed by atoms with Crippen LogP contribution < -0.4 is 0 Å². The van der Waals surface area contributed by atoms with E-state index in [0.717, 1.165) is 6.42 Å². The molecule has 0 aromatic carbocycles. The van der Waals surface area contributed by atoms with Gasteiger partial charge in [0.1, 0.15) is 0 Å². The summed E-state index contributed by atoms with van der Waals surface area (Å²) in [5, 5.41) is 7.91. The number of aliphatic carboxylic acids is 1. The second-order valence-corrected chi connectivity index (χ2v) is 1.14. The Balaban J connectivity index is -0.0000000125. The fraction of sp³-hybridized carbons (Fsp3) is 0.750. The molecule has 0 saturated heterocycles. The SMILES string of the molecule is CCCC(=O)O.O.O.[Ca+2].[H-].[H-]. The van der Waals surface area contributed by atoms with Crippen molar-refractivity contribution in [3.63, 3.8) is 0 Å². The molecule has 0 atom stereocenters. The molecule has 0 amide bonds. The standard InChI is InChI=1S/C4H8O2.Ca.2H2O.2H/c1-2-3-4(5)6;;;;;/h2-3H2,1H3,(H,5,6);;2*1H2;;/q;+2;;;2*-1. The van der Waals surface area contributed by atoms with E-state index in [2.05, 4.69) is 0 Å². The van der Waals surface area contributed by atoms with Crippen LogP contribution in [0, 0.1) is 0 Å². The second kappa shape index (κ2) is 15.9. The predicted molar refractivity (Wildman–Crippen MR) is 37.7 cm³/mol. The minimum absolute atomic E-state index is 0.